The molecule has 0 unspecified atom stereocenters. The van der Waals surface area contributed by atoms with E-state index >= 15 is 0 Å². The third-order valence-electron chi connectivity index (χ3n) is 2.36. The highest BCUT2D eigenvalue weighted by Crippen LogP contribution is 2.23. The van der Waals surface area contributed by atoms with Gasteiger partial charge < -0.3 is 20.2 Å². The van der Waals surface area contributed by atoms with Crippen LogP contribution in [0.3, 0.4) is 0 Å². The maximum absolute atomic E-state index is 11.9. The highest BCUT2D eigenvalue weighted by Gasteiger charge is 2.24. The van der Waals surface area contributed by atoms with Crippen molar-refractivity contribution >= 4 is 35.5 Å². The summed E-state index contributed by atoms with van der Waals surface area (Å²) in [4.78, 5) is 22.7. The van der Waals surface area contributed by atoms with Crippen molar-refractivity contribution in [3.8, 4) is 0 Å². The van der Waals surface area contributed by atoms with Crippen LogP contribution in [0.15, 0.2) is 9.64 Å². The molecule has 1 aromatic rings. The summed E-state index contributed by atoms with van der Waals surface area (Å²) in [6, 6.07) is -0.451. The zero-order valence-electron chi connectivity index (χ0n) is 13.6. The fourth-order valence-corrected chi connectivity index (χ4v) is 2.48. The highest BCUT2D eigenvalue weighted by atomic mass is 32.2. The van der Waals surface area contributed by atoms with Gasteiger partial charge in [0.15, 0.2) is 0 Å². The van der Waals surface area contributed by atoms with Crippen LogP contribution in [0, 0.1) is 0 Å². The van der Waals surface area contributed by atoms with Crippen LogP contribution < -0.4 is 11.1 Å². The van der Waals surface area contributed by atoms with Gasteiger partial charge in [-0.25, -0.2) is 4.79 Å². The first kappa shape index (κ1) is 19.6. The van der Waals surface area contributed by atoms with Gasteiger partial charge in [0.2, 0.25) is 11.8 Å². The summed E-state index contributed by atoms with van der Waals surface area (Å²) in [5, 5.41) is 10.7. The van der Waals surface area contributed by atoms with E-state index in [1.54, 1.807) is 32.5 Å². The Morgan fingerprint density at radius 1 is 1.39 bits per heavy atom. The number of hydrogen-bond donors (Lipinski definition) is 2. The minimum atomic E-state index is -0.592. The Hall–Kier alpha value is -1.42. The van der Waals surface area contributed by atoms with Gasteiger partial charge in [-0.05, 0) is 39.2 Å². The molecule has 8 nitrogen and oxygen atoms in total. The number of nitrogens with two attached hydrogens (primary N) is 1. The maximum Gasteiger partial charge on any atom is 0.408 e. The Morgan fingerprint density at radius 2 is 2.09 bits per heavy atom. The molecule has 130 valence electrons. The highest BCUT2D eigenvalue weighted by molar-refractivity contribution is 7.99. The smallest absolute Gasteiger partial charge is 0.408 e. The van der Waals surface area contributed by atoms with E-state index in [4.69, 9.17) is 14.9 Å². The molecule has 0 aliphatic heterocycles. The van der Waals surface area contributed by atoms with Crippen molar-refractivity contribution < 1.29 is 18.7 Å². The Bertz CT molecular complexity index is 530. The summed E-state index contributed by atoms with van der Waals surface area (Å²) in [5.41, 5.74) is 4.48. The zero-order chi connectivity index (χ0) is 17.5. The monoisotopic (exact) mass is 362 g/mol. The van der Waals surface area contributed by atoms with Crippen LogP contribution >= 0.6 is 23.5 Å². The molecule has 0 bridgehead atoms. The number of amides is 2. The van der Waals surface area contributed by atoms with Gasteiger partial charge >= 0.3 is 6.09 Å². The molecule has 2 amide bonds. The van der Waals surface area contributed by atoms with Gasteiger partial charge in [0.05, 0.1) is 5.75 Å². The Kier molecular flexibility index (Phi) is 7.69. The summed E-state index contributed by atoms with van der Waals surface area (Å²) >= 11 is 2.69. The third-order valence-corrected chi connectivity index (χ3v) is 3.84. The van der Waals surface area contributed by atoms with E-state index in [1.165, 1.54) is 0 Å². The number of nitrogens with one attached hydrogen (secondary N) is 1. The summed E-state index contributed by atoms with van der Waals surface area (Å²) in [6.45, 7) is 5.36. The molecular weight excluding hydrogens is 340 g/mol. The Morgan fingerprint density at radius 3 is 2.65 bits per heavy atom. The number of alkyl carbamates (subject to hydrolysis) is 1. The van der Waals surface area contributed by atoms with Crippen molar-refractivity contribution in [1.82, 2.24) is 15.5 Å². The number of carbonyl (C=O) groups is 2. The lowest BCUT2D eigenvalue weighted by atomic mass is 10.2. The molecule has 0 radical (unpaired) electrons. The van der Waals surface area contributed by atoms with E-state index in [0.29, 0.717) is 6.42 Å². The molecule has 1 heterocycles. The van der Waals surface area contributed by atoms with E-state index < -0.39 is 23.6 Å². The molecule has 0 saturated heterocycles. The van der Waals surface area contributed by atoms with E-state index in [1.807, 2.05) is 6.26 Å². The molecule has 0 fully saturated rings. The molecule has 0 spiro atoms. The summed E-state index contributed by atoms with van der Waals surface area (Å²) in [5.74, 6) is 0.654. The number of thioether (sulfide) groups is 2. The van der Waals surface area contributed by atoms with E-state index in [-0.39, 0.29) is 16.9 Å². The fourth-order valence-electron chi connectivity index (χ4n) is 1.50. The van der Waals surface area contributed by atoms with Gasteiger partial charge in [-0.2, -0.15) is 11.8 Å². The zero-order valence-corrected chi connectivity index (χ0v) is 15.3. The van der Waals surface area contributed by atoms with Crippen molar-refractivity contribution in [3.05, 3.63) is 5.89 Å². The van der Waals surface area contributed by atoms with Gasteiger partial charge in [-0.3, -0.25) is 4.79 Å². The average Bonchev–Trinajstić information content (AvgIpc) is 2.87. The first-order valence-electron chi connectivity index (χ1n) is 6.94. The van der Waals surface area contributed by atoms with Crippen molar-refractivity contribution in [1.29, 1.82) is 0 Å². The van der Waals surface area contributed by atoms with Gasteiger partial charge in [-0.15, -0.1) is 10.2 Å². The standard InChI is InChI=1S/C13H22N4O4S2/c1-13(2,3)21-11(19)15-8(5-6-22-4)10-16-17-12(20-10)23-7-9(14)18/h8H,5-7H2,1-4H3,(H2,14,18)(H,15,19)/t8-/m0/s1. The predicted octanol–water partition coefficient (Wildman–Crippen LogP) is 1.97. The van der Waals surface area contributed by atoms with Gasteiger partial charge in [0.1, 0.15) is 11.6 Å². The minimum Gasteiger partial charge on any atom is -0.444 e. The number of hydrogen-bond acceptors (Lipinski definition) is 8. The van der Waals surface area contributed by atoms with Gasteiger partial charge in [0, 0.05) is 0 Å². The molecule has 0 aliphatic rings. The van der Waals surface area contributed by atoms with Crippen LogP contribution in [0.25, 0.3) is 0 Å². The molecule has 1 rings (SSSR count). The summed E-state index contributed by atoms with van der Waals surface area (Å²) < 4.78 is 10.7. The van der Waals surface area contributed by atoms with Crippen LogP contribution in [-0.4, -0.2) is 45.6 Å². The normalized spacial score (nSPS) is 12.7. The van der Waals surface area contributed by atoms with Crippen LogP contribution in [-0.2, 0) is 9.53 Å². The van der Waals surface area contributed by atoms with Crippen LogP contribution in [0.5, 0.6) is 0 Å². The van der Waals surface area contributed by atoms with Crippen molar-refractivity contribution in [3.63, 3.8) is 0 Å². The fraction of sp³-hybridized carbons (Fsp3) is 0.692. The number of ether oxygens (including phenoxy) is 1. The first-order chi connectivity index (χ1) is 10.7. The van der Waals surface area contributed by atoms with Crippen LogP contribution in [0.1, 0.15) is 39.1 Å². The molecular formula is C13H22N4O4S2. The number of aromatic nitrogens is 2. The number of carbonyl (C=O) groups excluding carboxylic acids is 2. The molecule has 1 aromatic heterocycles. The quantitative estimate of drug-likeness (QED) is 0.673. The molecule has 23 heavy (non-hydrogen) atoms. The summed E-state index contributed by atoms with van der Waals surface area (Å²) in [6.07, 6.45) is 2.03. The molecule has 10 heteroatoms. The molecule has 0 aliphatic carbocycles. The molecule has 0 saturated carbocycles. The second kappa shape index (κ2) is 9.02. The van der Waals surface area contributed by atoms with E-state index in [0.717, 1.165) is 17.5 Å². The third kappa shape index (κ3) is 8.12. The Balaban J connectivity index is 2.73. The molecule has 3 N–H and O–H groups in total. The van der Waals surface area contributed by atoms with Crippen molar-refractivity contribution in [2.45, 2.75) is 44.1 Å². The largest absolute Gasteiger partial charge is 0.444 e. The SMILES string of the molecule is CSCC[C@H](NC(=O)OC(C)(C)C)c1nnc(SCC(N)=O)o1. The minimum absolute atomic E-state index is 0.0522. The average molecular weight is 362 g/mol. The number of rotatable bonds is 8. The lowest BCUT2D eigenvalue weighted by Crippen LogP contribution is -2.35. The van der Waals surface area contributed by atoms with Crippen molar-refractivity contribution in [2.24, 2.45) is 5.73 Å². The number of primary amides is 1. The lowest BCUT2D eigenvalue weighted by Gasteiger charge is -2.22. The second-order valence-corrected chi connectivity index (χ2v) is 7.55. The van der Waals surface area contributed by atoms with Gasteiger partial charge in [-0.1, -0.05) is 11.8 Å². The van der Waals surface area contributed by atoms with E-state index in [9.17, 15) is 9.59 Å². The lowest BCUT2D eigenvalue weighted by molar-refractivity contribution is -0.115. The van der Waals surface area contributed by atoms with E-state index in [2.05, 4.69) is 15.5 Å². The topological polar surface area (TPSA) is 120 Å². The predicted molar refractivity (Wildman–Crippen MR) is 89.3 cm³/mol. The summed E-state index contributed by atoms with van der Waals surface area (Å²) in [7, 11) is 0. The number of nitrogens with zero attached hydrogens (tertiary/aromatic N) is 2. The second-order valence-electron chi connectivity index (χ2n) is 5.64. The van der Waals surface area contributed by atoms with Crippen LogP contribution in [0.2, 0.25) is 0 Å². The molecule has 0 aromatic carbocycles. The van der Waals surface area contributed by atoms with Crippen LogP contribution in [0.4, 0.5) is 4.79 Å². The Labute approximate surface area is 143 Å². The van der Waals surface area contributed by atoms with Gasteiger partial charge in [0.25, 0.3) is 5.22 Å². The first-order valence-corrected chi connectivity index (χ1v) is 9.32. The van der Waals surface area contributed by atoms with Crippen molar-refractivity contribution in [2.75, 3.05) is 17.8 Å². The molecule has 1 atom stereocenters. The maximum atomic E-state index is 11.9.